The molecule has 2 aliphatic heterocycles. The number of carboxylic acid groups (broad SMARTS) is 1. The number of aliphatic carboxylic acids is 1. The Bertz CT molecular complexity index is 1500. The van der Waals surface area contributed by atoms with Gasteiger partial charge in [0.1, 0.15) is 5.54 Å². The van der Waals surface area contributed by atoms with Crippen LogP contribution in [-0.2, 0) is 14.4 Å². The fourth-order valence-electron chi connectivity index (χ4n) is 5.98. The van der Waals surface area contributed by atoms with Crippen molar-refractivity contribution in [1.82, 2.24) is 5.32 Å². The molecule has 2 heterocycles. The second-order valence-electron chi connectivity index (χ2n) is 10.3. The fraction of sp³-hybridized carbons (Fsp3) is 0.258. The summed E-state index contributed by atoms with van der Waals surface area (Å²) in [6.45, 7) is 3.60. The Morgan fingerprint density at radius 1 is 1.02 bits per heavy atom. The van der Waals surface area contributed by atoms with Crippen LogP contribution in [0.3, 0.4) is 0 Å². The number of imide groups is 1. The first-order valence-corrected chi connectivity index (χ1v) is 13.2. The standard InChI is InChI=1S/C31H29N3O6/c1-3-19(2)31(30(37)38)26-25(28(35)33(29(26)36)23-10-7-11-24(18-23)34(39)40)27(32-31)22-16-14-21(15-17-22)13-12-20-8-5-4-6-9-20/h4-19,25-27,32H,3H2,1-2H3,(H,37,38)/b13-12+. The van der Waals surface area contributed by atoms with Gasteiger partial charge in [-0.1, -0.05) is 93.1 Å². The van der Waals surface area contributed by atoms with Crippen LogP contribution in [0.15, 0.2) is 78.9 Å². The molecule has 5 atom stereocenters. The van der Waals surface area contributed by atoms with Crippen molar-refractivity contribution in [1.29, 1.82) is 0 Å². The van der Waals surface area contributed by atoms with Crippen LogP contribution >= 0.6 is 0 Å². The average molecular weight is 540 g/mol. The molecule has 2 aliphatic rings. The van der Waals surface area contributed by atoms with Gasteiger partial charge in [-0.3, -0.25) is 29.8 Å². The number of nitro groups is 1. The predicted octanol–water partition coefficient (Wildman–Crippen LogP) is 5.08. The van der Waals surface area contributed by atoms with E-state index >= 15 is 0 Å². The Morgan fingerprint density at radius 2 is 1.68 bits per heavy atom. The molecule has 0 spiro atoms. The third-order valence-corrected chi connectivity index (χ3v) is 8.20. The van der Waals surface area contributed by atoms with Gasteiger partial charge in [-0.2, -0.15) is 0 Å². The molecule has 3 aromatic carbocycles. The van der Waals surface area contributed by atoms with Gasteiger partial charge in [0.15, 0.2) is 0 Å². The molecule has 5 rings (SSSR count). The van der Waals surface area contributed by atoms with Crippen molar-refractivity contribution in [2.45, 2.75) is 31.8 Å². The molecule has 5 unspecified atom stereocenters. The van der Waals surface area contributed by atoms with E-state index in [0.29, 0.717) is 12.0 Å². The van der Waals surface area contributed by atoms with Gasteiger partial charge >= 0.3 is 5.97 Å². The summed E-state index contributed by atoms with van der Waals surface area (Å²) in [4.78, 5) is 52.4. The molecule has 0 bridgehead atoms. The summed E-state index contributed by atoms with van der Waals surface area (Å²) >= 11 is 0. The van der Waals surface area contributed by atoms with E-state index in [1.807, 2.05) is 73.7 Å². The minimum atomic E-state index is -1.70. The zero-order chi connectivity index (χ0) is 28.6. The van der Waals surface area contributed by atoms with Crippen molar-refractivity contribution >= 4 is 41.3 Å². The van der Waals surface area contributed by atoms with Gasteiger partial charge in [0.2, 0.25) is 11.8 Å². The number of amides is 2. The maximum Gasteiger partial charge on any atom is 0.325 e. The Balaban J connectivity index is 1.55. The Hall–Kier alpha value is -4.63. The molecular formula is C31H29N3O6. The Morgan fingerprint density at radius 3 is 2.27 bits per heavy atom. The van der Waals surface area contributed by atoms with Gasteiger partial charge in [0.25, 0.3) is 5.69 Å². The number of fused-ring (bicyclic) bond motifs is 1. The van der Waals surface area contributed by atoms with Crippen LogP contribution < -0.4 is 10.2 Å². The number of carboxylic acids is 1. The van der Waals surface area contributed by atoms with Gasteiger partial charge < -0.3 is 5.11 Å². The molecule has 2 N–H and O–H groups in total. The maximum absolute atomic E-state index is 13.9. The van der Waals surface area contributed by atoms with E-state index in [-0.39, 0.29) is 11.4 Å². The average Bonchev–Trinajstić information content (AvgIpc) is 3.46. The summed E-state index contributed by atoms with van der Waals surface area (Å²) in [5, 5.41) is 25.1. The van der Waals surface area contributed by atoms with Gasteiger partial charge in [0, 0.05) is 18.2 Å². The molecule has 9 nitrogen and oxygen atoms in total. The molecule has 3 aromatic rings. The number of hydrogen-bond donors (Lipinski definition) is 2. The predicted molar refractivity (Wildman–Crippen MR) is 150 cm³/mol. The summed E-state index contributed by atoms with van der Waals surface area (Å²) in [5.41, 5.74) is 0.736. The number of nitro benzene ring substituents is 1. The van der Waals surface area contributed by atoms with Gasteiger partial charge in [-0.15, -0.1) is 0 Å². The summed E-state index contributed by atoms with van der Waals surface area (Å²) in [6, 6.07) is 21.8. The van der Waals surface area contributed by atoms with Gasteiger partial charge in [-0.25, -0.2) is 4.90 Å². The van der Waals surface area contributed by atoms with E-state index in [9.17, 15) is 29.6 Å². The SMILES string of the molecule is CCC(C)C1(C(=O)O)NC(c2ccc(/C=C/c3ccccc3)cc2)C2C(=O)N(c3cccc([N+](=O)[O-])c3)C(=O)C21. The van der Waals surface area contributed by atoms with E-state index in [4.69, 9.17) is 0 Å². The smallest absolute Gasteiger partial charge is 0.325 e. The van der Waals surface area contributed by atoms with Crippen LogP contribution in [0.25, 0.3) is 12.2 Å². The van der Waals surface area contributed by atoms with Crippen LogP contribution in [-0.4, -0.2) is 33.4 Å². The minimum Gasteiger partial charge on any atom is -0.480 e. The fourth-order valence-corrected chi connectivity index (χ4v) is 5.98. The summed E-state index contributed by atoms with van der Waals surface area (Å²) in [7, 11) is 0. The van der Waals surface area contributed by atoms with Crippen molar-refractivity contribution in [2.24, 2.45) is 17.8 Å². The number of anilines is 1. The second-order valence-corrected chi connectivity index (χ2v) is 10.3. The number of benzene rings is 3. The molecule has 9 heteroatoms. The van der Waals surface area contributed by atoms with Crippen LogP contribution in [0.5, 0.6) is 0 Å². The van der Waals surface area contributed by atoms with Crippen molar-refractivity contribution in [3.8, 4) is 0 Å². The molecule has 2 amide bonds. The van der Waals surface area contributed by atoms with E-state index in [0.717, 1.165) is 16.0 Å². The minimum absolute atomic E-state index is 0.0576. The number of rotatable bonds is 8. The van der Waals surface area contributed by atoms with Crippen LogP contribution in [0.1, 0.15) is 43.0 Å². The first kappa shape index (κ1) is 27.0. The lowest BCUT2D eigenvalue weighted by Crippen LogP contribution is -2.59. The van der Waals surface area contributed by atoms with Crippen LogP contribution in [0.2, 0.25) is 0 Å². The Kier molecular flexibility index (Phi) is 7.08. The molecule has 204 valence electrons. The third-order valence-electron chi connectivity index (χ3n) is 8.20. The molecule has 2 fully saturated rings. The zero-order valence-electron chi connectivity index (χ0n) is 22.1. The molecule has 2 saturated heterocycles. The molecule has 40 heavy (non-hydrogen) atoms. The zero-order valence-corrected chi connectivity index (χ0v) is 22.1. The van der Waals surface area contributed by atoms with E-state index in [1.165, 1.54) is 24.3 Å². The van der Waals surface area contributed by atoms with E-state index in [1.54, 1.807) is 6.92 Å². The number of hydrogen-bond acceptors (Lipinski definition) is 6. The third kappa shape index (κ3) is 4.38. The highest BCUT2D eigenvalue weighted by Gasteiger charge is 2.70. The quantitative estimate of drug-likeness (QED) is 0.177. The van der Waals surface area contributed by atoms with Crippen LogP contribution in [0.4, 0.5) is 11.4 Å². The van der Waals surface area contributed by atoms with Crippen LogP contribution in [0, 0.1) is 27.9 Å². The molecule has 0 aromatic heterocycles. The summed E-state index contributed by atoms with van der Waals surface area (Å²) in [6.07, 6.45) is 4.39. The van der Waals surface area contributed by atoms with Crippen molar-refractivity contribution < 1.29 is 24.4 Å². The highest BCUT2D eigenvalue weighted by molar-refractivity contribution is 6.24. The molecule has 0 radical (unpaired) electrons. The van der Waals surface area contributed by atoms with Crippen molar-refractivity contribution in [2.75, 3.05) is 4.90 Å². The number of nitrogens with zero attached hydrogens (tertiary/aromatic N) is 2. The van der Waals surface area contributed by atoms with Gasteiger partial charge in [0.05, 0.1) is 22.4 Å². The normalized spacial score (nSPS) is 24.9. The lowest BCUT2D eigenvalue weighted by molar-refractivity contribution is -0.384. The summed E-state index contributed by atoms with van der Waals surface area (Å²) in [5.74, 6) is -5.12. The highest BCUT2D eigenvalue weighted by atomic mass is 16.6. The molecular weight excluding hydrogens is 510 g/mol. The van der Waals surface area contributed by atoms with E-state index < -0.39 is 52.0 Å². The number of non-ortho nitro benzene ring substituents is 1. The Labute approximate surface area is 231 Å². The number of carbonyl (C=O) groups is 3. The highest BCUT2D eigenvalue weighted by Crippen LogP contribution is 2.53. The first-order valence-electron chi connectivity index (χ1n) is 13.2. The number of nitrogens with one attached hydrogen (secondary N) is 1. The monoisotopic (exact) mass is 539 g/mol. The molecule has 0 aliphatic carbocycles. The van der Waals surface area contributed by atoms with Crippen molar-refractivity contribution in [3.63, 3.8) is 0 Å². The first-order chi connectivity index (χ1) is 19.2. The molecule has 0 saturated carbocycles. The maximum atomic E-state index is 13.9. The largest absolute Gasteiger partial charge is 0.480 e. The summed E-state index contributed by atoms with van der Waals surface area (Å²) < 4.78 is 0. The lowest BCUT2D eigenvalue weighted by atomic mass is 9.72. The van der Waals surface area contributed by atoms with Gasteiger partial charge in [-0.05, 0) is 28.7 Å². The van der Waals surface area contributed by atoms with E-state index in [2.05, 4.69) is 5.32 Å². The van der Waals surface area contributed by atoms with Crippen molar-refractivity contribution in [3.05, 3.63) is 106 Å². The topological polar surface area (TPSA) is 130 Å². The second kappa shape index (κ2) is 10.5. The lowest BCUT2D eigenvalue weighted by Gasteiger charge is -2.36. The number of carbonyl (C=O) groups excluding carboxylic acids is 2.